The van der Waals surface area contributed by atoms with Crippen LogP contribution in [0.3, 0.4) is 0 Å². The molecule has 2 saturated heterocycles. The number of carbonyl (C=O) groups is 3. The van der Waals surface area contributed by atoms with Crippen molar-refractivity contribution in [2.24, 2.45) is 5.73 Å². The number of pyridine rings is 1. The molecule has 2 amide bonds. The van der Waals surface area contributed by atoms with Gasteiger partial charge in [0, 0.05) is 47.2 Å². The SMILES string of the molecule is CCCC(CCC)Nc1cc(C(=O)N[C@H]2C[C@H]3CC[C@@H](C2)N3c2ccc(C(C)=O)cn2)ccc1C(N)=O. The van der Waals surface area contributed by atoms with Crippen LogP contribution in [0.4, 0.5) is 11.5 Å². The Balaban J connectivity index is 1.44. The third kappa shape index (κ3) is 6.12. The van der Waals surface area contributed by atoms with Crippen molar-refractivity contribution < 1.29 is 14.4 Å². The van der Waals surface area contributed by atoms with Gasteiger partial charge in [0.2, 0.25) is 0 Å². The van der Waals surface area contributed by atoms with Crippen molar-refractivity contribution in [1.82, 2.24) is 10.3 Å². The number of benzene rings is 1. The molecule has 2 bridgehead atoms. The highest BCUT2D eigenvalue weighted by molar-refractivity contribution is 6.02. The molecule has 3 heterocycles. The molecule has 0 aliphatic carbocycles. The van der Waals surface area contributed by atoms with E-state index in [1.807, 2.05) is 12.1 Å². The summed E-state index contributed by atoms with van der Waals surface area (Å²) >= 11 is 0. The summed E-state index contributed by atoms with van der Waals surface area (Å²) < 4.78 is 0. The average Bonchev–Trinajstić information content (AvgIpc) is 3.14. The first kappa shape index (κ1) is 26.6. The Kier molecular flexibility index (Phi) is 8.46. The lowest BCUT2D eigenvalue weighted by molar-refractivity contribution is 0.0924. The van der Waals surface area contributed by atoms with Crippen molar-refractivity contribution >= 4 is 29.1 Å². The third-order valence-electron chi connectivity index (χ3n) is 7.67. The van der Waals surface area contributed by atoms with Crippen molar-refractivity contribution in [3.05, 3.63) is 53.2 Å². The van der Waals surface area contributed by atoms with Crippen LogP contribution in [0, 0.1) is 0 Å². The second-order valence-electron chi connectivity index (χ2n) is 10.4. The molecule has 8 heteroatoms. The molecule has 0 spiro atoms. The first-order valence-corrected chi connectivity index (χ1v) is 13.6. The molecule has 8 nitrogen and oxygen atoms in total. The topological polar surface area (TPSA) is 117 Å². The molecular formula is C29H39N5O3. The van der Waals surface area contributed by atoms with Crippen LogP contribution in [-0.2, 0) is 0 Å². The van der Waals surface area contributed by atoms with Crippen molar-refractivity contribution in [2.75, 3.05) is 10.2 Å². The van der Waals surface area contributed by atoms with Gasteiger partial charge in [-0.1, -0.05) is 26.7 Å². The van der Waals surface area contributed by atoms with Crippen LogP contribution in [0.1, 0.15) is 103 Å². The van der Waals surface area contributed by atoms with Gasteiger partial charge in [-0.05, 0) is 75.8 Å². The zero-order valence-corrected chi connectivity index (χ0v) is 22.1. The number of nitrogens with one attached hydrogen (secondary N) is 2. The smallest absolute Gasteiger partial charge is 0.251 e. The van der Waals surface area contributed by atoms with Gasteiger partial charge in [-0.15, -0.1) is 0 Å². The van der Waals surface area contributed by atoms with Crippen LogP contribution in [0.2, 0.25) is 0 Å². The van der Waals surface area contributed by atoms with E-state index in [1.165, 1.54) is 0 Å². The molecule has 0 radical (unpaired) electrons. The number of amides is 2. The second-order valence-corrected chi connectivity index (χ2v) is 10.4. The number of rotatable bonds is 11. The molecule has 2 fully saturated rings. The molecule has 1 aromatic carbocycles. The molecule has 37 heavy (non-hydrogen) atoms. The summed E-state index contributed by atoms with van der Waals surface area (Å²) in [6.07, 6.45) is 9.48. The van der Waals surface area contributed by atoms with Gasteiger partial charge in [-0.25, -0.2) is 4.98 Å². The molecule has 1 aromatic heterocycles. The molecule has 4 N–H and O–H groups in total. The Morgan fingerprint density at radius 2 is 1.68 bits per heavy atom. The largest absolute Gasteiger partial charge is 0.382 e. The fraction of sp³-hybridized carbons (Fsp3) is 0.517. The van der Waals surface area contributed by atoms with Crippen LogP contribution in [0.5, 0.6) is 0 Å². The summed E-state index contributed by atoms with van der Waals surface area (Å²) in [5.41, 5.74) is 7.80. The highest BCUT2D eigenvalue weighted by atomic mass is 16.2. The Hall–Kier alpha value is -3.42. The van der Waals surface area contributed by atoms with Gasteiger partial charge in [0.1, 0.15) is 5.82 Å². The van der Waals surface area contributed by atoms with Crippen molar-refractivity contribution in [1.29, 1.82) is 0 Å². The second kappa shape index (κ2) is 11.8. The minimum Gasteiger partial charge on any atom is -0.382 e. The lowest BCUT2D eigenvalue weighted by Crippen LogP contribution is -2.50. The minimum absolute atomic E-state index is 0.0110. The van der Waals surface area contributed by atoms with Crippen LogP contribution < -0.4 is 21.3 Å². The Labute approximate surface area is 219 Å². The Bertz CT molecular complexity index is 1110. The number of piperidine rings is 1. The summed E-state index contributed by atoms with van der Waals surface area (Å²) in [6, 6.07) is 9.76. The standard InChI is InChI=1S/C29H39N5O3/c1-4-6-21(7-5-2)32-26-14-19(8-12-25(26)28(30)36)29(37)33-22-15-23-10-11-24(16-22)34(23)27-13-9-20(17-31-27)18(3)35/h8-9,12-14,17,21-24,32H,4-7,10-11,15-16H2,1-3H3,(H2,30,36)(H,33,37)/t22-,23+,24-. The van der Waals surface area contributed by atoms with Crippen molar-refractivity contribution in [3.8, 4) is 0 Å². The van der Waals surface area contributed by atoms with E-state index in [1.54, 1.807) is 31.3 Å². The van der Waals surface area contributed by atoms with Gasteiger partial charge < -0.3 is 21.3 Å². The van der Waals surface area contributed by atoms with Crippen molar-refractivity contribution in [3.63, 3.8) is 0 Å². The fourth-order valence-electron chi connectivity index (χ4n) is 5.91. The van der Waals surface area contributed by atoms with Crippen LogP contribution >= 0.6 is 0 Å². The van der Waals surface area contributed by atoms with E-state index in [4.69, 9.17) is 5.73 Å². The third-order valence-corrected chi connectivity index (χ3v) is 7.67. The Morgan fingerprint density at radius 3 is 2.22 bits per heavy atom. The molecule has 198 valence electrons. The van der Waals surface area contributed by atoms with Gasteiger partial charge in [-0.2, -0.15) is 0 Å². The van der Waals surface area contributed by atoms with Gasteiger partial charge in [0.05, 0.1) is 5.56 Å². The number of aromatic nitrogens is 1. The van der Waals surface area contributed by atoms with Crippen LogP contribution in [0.15, 0.2) is 36.5 Å². The number of carbonyl (C=O) groups excluding carboxylic acids is 3. The van der Waals surface area contributed by atoms with Gasteiger partial charge in [0.25, 0.3) is 11.8 Å². The number of ketones is 1. The summed E-state index contributed by atoms with van der Waals surface area (Å²) in [6.45, 7) is 5.82. The maximum Gasteiger partial charge on any atom is 0.251 e. The zero-order chi connectivity index (χ0) is 26.5. The summed E-state index contributed by atoms with van der Waals surface area (Å²) in [5.74, 6) is 0.268. The lowest BCUT2D eigenvalue weighted by atomic mass is 9.96. The number of hydrogen-bond donors (Lipinski definition) is 3. The Morgan fingerprint density at radius 1 is 1.03 bits per heavy atom. The zero-order valence-electron chi connectivity index (χ0n) is 22.1. The molecule has 0 unspecified atom stereocenters. The molecule has 2 aliphatic rings. The van der Waals surface area contributed by atoms with Gasteiger partial charge in [-0.3, -0.25) is 14.4 Å². The highest BCUT2D eigenvalue weighted by Crippen LogP contribution is 2.38. The van der Waals surface area contributed by atoms with E-state index in [9.17, 15) is 14.4 Å². The number of anilines is 2. The number of fused-ring (bicyclic) bond motifs is 2. The summed E-state index contributed by atoms with van der Waals surface area (Å²) in [4.78, 5) is 43.8. The maximum atomic E-state index is 13.3. The molecule has 2 aromatic rings. The van der Waals surface area contributed by atoms with Crippen LogP contribution in [-0.4, -0.2) is 46.7 Å². The normalized spacial score (nSPS) is 20.6. The van der Waals surface area contributed by atoms with E-state index in [-0.39, 0.29) is 23.8 Å². The number of nitrogens with two attached hydrogens (primary N) is 1. The average molecular weight is 506 g/mol. The minimum atomic E-state index is -0.505. The fourth-order valence-corrected chi connectivity index (χ4v) is 5.91. The van der Waals surface area contributed by atoms with E-state index in [2.05, 4.69) is 34.4 Å². The molecule has 0 saturated carbocycles. The molecule has 4 rings (SSSR count). The summed E-state index contributed by atoms with van der Waals surface area (Å²) in [5, 5.41) is 6.71. The van der Waals surface area contributed by atoms with E-state index in [0.717, 1.165) is 57.2 Å². The number of nitrogens with zero attached hydrogens (tertiary/aromatic N) is 2. The maximum absolute atomic E-state index is 13.3. The summed E-state index contributed by atoms with van der Waals surface area (Å²) in [7, 11) is 0. The van der Waals surface area contributed by atoms with Gasteiger partial charge in [0.15, 0.2) is 5.78 Å². The predicted molar refractivity (Wildman–Crippen MR) is 146 cm³/mol. The molecular weight excluding hydrogens is 466 g/mol. The predicted octanol–water partition coefficient (Wildman–Crippen LogP) is 4.69. The first-order chi connectivity index (χ1) is 17.8. The number of hydrogen-bond acceptors (Lipinski definition) is 6. The lowest BCUT2D eigenvalue weighted by Gasteiger charge is -2.40. The number of primary amides is 1. The first-order valence-electron chi connectivity index (χ1n) is 13.6. The quantitative estimate of drug-likeness (QED) is 0.381. The monoisotopic (exact) mass is 505 g/mol. The molecule has 3 atom stereocenters. The van der Waals surface area contributed by atoms with E-state index in [0.29, 0.717) is 34.5 Å². The van der Waals surface area contributed by atoms with E-state index >= 15 is 0 Å². The highest BCUT2D eigenvalue weighted by Gasteiger charge is 2.41. The molecule has 2 aliphatic heterocycles. The van der Waals surface area contributed by atoms with E-state index < -0.39 is 5.91 Å². The van der Waals surface area contributed by atoms with Crippen LogP contribution in [0.25, 0.3) is 0 Å². The number of Topliss-reactive ketones (excluding diaryl/α,β-unsaturated/α-hetero) is 1. The van der Waals surface area contributed by atoms with Gasteiger partial charge >= 0.3 is 0 Å². The van der Waals surface area contributed by atoms with Crippen molar-refractivity contribution in [2.45, 2.75) is 96.3 Å².